The minimum atomic E-state index is 0.622. The number of aromatic nitrogens is 1. The van der Waals surface area contributed by atoms with Gasteiger partial charge in [0.05, 0.1) is 5.02 Å². The maximum atomic E-state index is 6.16. The van der Waals surface area contributed by atoms with E-state index in [-0.39, 0.29) is 0 Å². The summed E-state index contributed by atoms with van der Waals surface area (Å²) in [6.07, 6.45) is 5.87. The van der Waals surface area contributed by atoms with Gasteiger partial charge in [-0.05, 0) is 24.5 Å². The smallest absolute Gasteiger partial charge is 0.0634 e. The first-order valence-electron chi connectivity index (χ1n) is 6.11. The number of pyridine rings is 1. The molecular weight excluding hydrogens is 300 g/mol. The molecule has 0 bridgehead atoms. The Kier molecular flexibility index (Phi) is 7.09. The molecule has 17 heavy (non-hydrogen) atoms. The van der Waals surface area contributed by atoms with Crippen molar-refractivity contribution in [3.8, 4) is 0 Å². The average molecular weight is 320 g/mol. The molecule has 0 amide bonds. The molecule has 2 nitrogen and oxygen atoms in total. The van der Waals surface area contributed by atoms with E-state index in [9.17, 15) is 0 Å². The van der Waals surface area contributed by atoms with Crippen LogP contribution in [0, 0.1) is 0 Å². The van der Waals surface area contributed by atoms with Crippen LogP contribution in [0.4, 0.5) is 0 Å². The van der Waals surface area contributed by atoms with E-state index in [0.29, 0.717) is 6.04 Å². The van der Waals surface area contributed by atoms with E-state index in [4.69, 9.17) is 11.6 Å². The van der Waals surface area contributed by atoms with Crippen LogP contribution in [-0.4, -0.2) is 27.8 Å². The predicted molar refractivity (Wildman–Crippen MR) is 77.8 cm³/mol. The normalized spacial score (nSPS) is 11.4. The van der Waals surface area contributed by atoms with Crippen LogP contribution in [0.1, 0.15) is 32.3 Å². The molecular formula is C13H20BrClN2. The Morgan fingerprint density at radius 1 is 1.41 bits per heavy atom. The maximum Gasteiger partial charge on any atom is 0.0634 e. The van der Waals surface area contributed by atoms with E-state index in [1.165, 1.54) is 12.8 Å². The second kappa shape index (κ2) is 8.06. The fraction of sp³-hybridized carbons (Fsp3) is 0.615. The van der Waals surface area contributed by atoms with Crippen molar-refractivity contribution in [3.63, 3.8) is 0 Å². The molecule has 0 saturated carbocycles. The Balaban J connectivity index is 2.75. The van der Waals surface area contributed by atoms with Crippen LogP contribution in [-0.2, 0) is 6.54 Å². The second-order valence-electron chi connectivity index (χ2n) is 4.10. The molecule has 0 aliphatic rings. The number of nitrogens with zero attached hydrogens (tertiary/aromatic N) is 2. The van der Waals surface area contributed by atoms with Gasteiger partial charge in [0.15, 0.2) is 0 Å². The van der Waals surface area contributed by atoms with Crippen molar-refractivity contribution in [1.29, 1.82) is 0 Å². The molecule has 0 spiro atoms. The van der Waals surface area contributed by atoms with Gasteiger partial charge >= 0.3 is 0 Å². The highest BCUT2D eigenvalue weighted by Crippen LogP contribution is 2.19. The summed E-state index contributed by atoms with van der Waals surface area (Å²) in [5.41, 5.74) is 1.16. The number of rotatable bonds is 7. The lowest BCUT2D eigenvalue weighted by Crippen LogP contribution is -2.35. The molecule has 0 aliphatic heterocycles. The van der Waals surface area contributed by atoms with E-state index in [0.717, 1.165) is 29.0 Å². The first kappa shape index (κ1) is 14.9. The molecule has 0 atom stereocenters. The summed E-state index contributed by atoms with van der Waals surface area (Å²) in [5.74, 6) is 0. The molecule has 0 N–H and O–H groups in total. The Labute approximate surface area is 118 Å². The number of hydrogen-bond donors (Lipinski definition) is 0. The second-order valence-corrected chi connectivity index (χ2v) is 5.30. The molecule has 0 radical (unpaired) electrons. The lowest BCUT2D eigenvalue weighted by molar-refractivity contribution is 0.189. The number of alkyl halides is 1. The third kappa shape index (κ3) is 4.57. The molecule has 96 valence electrons. The molecule has 0 fully saturated rings. The average Bonchev–Trinajstić information content (AvgIpc) is 2.34. The Bertz CT molecular complexity index is 329. The first-order chi connectivity index (χ1) is 8.22. The Morgan fingerprint density at radius 3 is 2.65 bits per heavy atom. The Morgan fingerprint density at radius 2 is 2.12 bits per heavy atom. The lowest BCUT2D eigenvalue weighted by Gasteiger charge is -2.30. The van der Waals surface area contributed by atoms with Gasteiger partial charge in [-0.2, -0.15) is 0 Å². The predicted octanol–water partition coefficient (Wildman–Crippen LogP) is 4.12. The van der Waals surface area contributed by atoms with Crippen LogP contribution in [0.25, 0.3) is 0 Å². The zero-order valence-corrected chi connectivity index (χ0v) is 12.8. The zero-order chi connectivity index (χ0) is 12.7. The van der Waals surface area contributed by atoms with Gasteiger partial charge in [0.25, 0.3) is 0 Å². The molecule has 0 unspecified atom stereocenters. The maximum absolute atomic E-state index is 6.16. The van der Waals surface area contributed by atoms with E-state index >= 15 is 0 Å². The fourth-order valence-corrected chi connectivity index (χ4v) is 2.69. The highest BCUT2D eigenvalue weighted by Gasteiger charge is 2.15. The number of hydrogen-bond acceptors (Lipinski definition) is 2. The van der Waals surface area contributed by atoms with Crippen LogP contribution in [0.5, 0.6) is 0 Å². The SMILES string of the molecule is CCC(CC)N(CCBr)Cc1ccncc1Cl. The summed E-state index contributed by atoms with van der Waals surface area (Å²) >= 11 is 9.68. The minimum absolute atomic E-state index is 0.622. The standard InChI is InChI=1S/C13H20BrClN2/c1-3-12(4-2)17(8-6-14)10-11-5-7-16-9-13(11)15/h5,7,9,12H,3-4,6,8,10H2,1-2H3. The van der Waals surface area contributed by atoms with Crippen molar-refractivity contribution >= 4 is 27.5 Å². The largest absolute Gasteiger partial charge is 0.295 e. The Hall–Kier alpha value is -0.120. The van der Waals surface area contributed by atoms with Crippen molar-refractivity contribution in [2.24, 2.45) is 0 Å². The summed E-state index contributed by atoms with van der Waals surface area (Å²) in [5, 5.41) is 1.75. The third-order valence-electron chi connectivity index (χ3n) is 3.06. The summed E-state index contributed by atoms with van der Waals surface area (Å²) in [4.78, 5) is 6.51. The molecule has 1 rings (SSSR count). The molecule has 0 aliphatic carbocycles. The highest BCUT2D eigenvalue weighted by molar-refractivity contribution is 9.09. The molecule has 1 heterocycles. The van der Waals surface area contributed by atoms with Crippen molar-refractivity contribution in [2.75, 3.05) is 11.9 Å². The van der Waals surface area contributed by atoms with Gasteiger partial charge in [0.1, 0.15) is 0 Å². The van der Waals surface area contributed by atoms with Gasteiger partial charge in [-0.3, -0.25) is 9.88 Å². The van der Waals surface area contributed by atoms with Gasteiger partial charge in [-0.25, -0.2) is 0 Å². The first-order valence-corrected chi connectivity index (χ1v) is 7.61. The molecule has 1 aromatic rings. The summed E-state index contributed by atoms with van der Waals surface area (Å²) in [6.45, 7) is 6.43. The topological polar surface area (TPSA) is 16.1 Å². The monoisotopic (exact) mass is 318 g/mol. The van der Waals surface area contributed by atoms with Gasteiger partial charge in [0, 0.05) is 36.9 Å². The van der Waals surface area contributed by atoms with Crippen molar-refractivity contribution in [2.45, 2.75) is 39.3 Å². The molecule has 4 heteroatoms. The summed E-state index contributed by atoms with van der Waals surface area (Å²) in [7, 11) is 0. The zero-order valence-electron chi connectivity index (χ0n) is 10.5. The van der Waals surface area contributed by atoms with Gasteiger partial charge in [-0.1, -0.05) is 41.4 Å². The van der Waals surface area contributed by atoms with Crippen LogP contribution in [0.2, 0.25) is 5.02 Å². The van der Waals surface area contributed by atoms with Crippen LogP contribution in [0.15, 0.2) is 18.5 Å². The molecule has 1 aromatic heterocycles. The highest BCUT2D eigenvalue weighted by atomic mass is 79.9. The minimum Gasteiger partial charge on any atom is -0.295 e. The van der Waals surface area contributed by atoms with Crippen molar-refractivity contribution in [3.05, 3.63) is 29.0 Å². The van der Waals surface area contributed by atoms with E-state index in [2.05, 4.69) is 39.7 Å². The van der Waals surface area contributed by atoms with E-state index in [1.807, 2.05) is 6.07 Å². The quantitative estimate of drug-likeness (QED) is 0.703. The van der Waals surface area contributed by atoms with Crippen LogP contribution >= 0.6 is 27.5 Å². The lowest BCUT2D eigenvalue weighted by atomic mass is 10.1. The molecule has 0 aromatic carbocycles. The van der Waals surface area contributed by atoms with Crippen molar-refractivity contribution in [1.82, 2.24) is 9.88 Å². The molecule has 0 saturated heterocycles. The fourth-order valence-electron chi connectivity index (χ4n) is 2.06. The van der Waals surface area contributed by atoms with Crippen LogP contribution in [0.3, 0.4) is 0 Å². The van der Waals surface area contributed by atoms with Crippen LogP contribution < -0.4 is 0 Å². The van der Waals surface area contributed by atoms with Gasteiger partial charge < -0.3 is 0 Å². The van der Waals surface area contributed by atoms with Gasteiger partial charge in [0.2, 0.25) is 0 Å². The van der Waals surface area contributed by atoms with Crippen molar-refractivity contribution < 1.29 is 0 Å². The van der Waals surface area contributed by atoms with E-state index < -0.39 is 0 Å². The van der Waals surface area contributed by atoms with Gasteiger partial charge in [-0.15, -0.1) is 0 Å². The summed E-state index contributed by atoms with van der Waals surface area (Å²) in [6, 6.07) is 2.63. The van der Waals surface area contributed by atoms with E-state index in [1.54, 1.807) is 12.4 Å². The summed E-state index contributed by atoms with van der Waals surface area (Å²) < 4.78 is 0. The third-order valence-corrected chi connectivity index (χ3v) is 3.76. The number of halogens is 2.